The van der Waals surface area contributed by atoms with Crippen molar-refractivity contribution in [2.75, 3.05) is 13.1 Å². The highest BCUT2D eigenvalue weighted by Gasteiger charge is 2.35. The van der Waals surface area contributed by atoms with Crippen molar-refractivity contribution in [1.82, 2.24) is 4.90 Å². The van der Waals surface area contributed by atoms with Crippen LogP contribution in [-0.4, -0.2) is 36.5 Å². The predicted octanol–water partition coefficient (Wildman–Crippen LogP) is 2.49. The number of amides is 1. The molecule has 1 aromatic rings. The number of hydrogen-bond donors (Lipinski definition) is 1. The van der Waals surface area contributed by atoms with E-state index in [1.165, 1.54) is 24.3 Å². The third-order valence-electron chi connectivity index (χ3n) is 3.93. The van der Waals surface area contributed by atoms with Gasteiger partial charge < -0.3 is 15.4 Å². The average Bonchev–Trinajstić information content (AvgIpc) is 2.41. The molecule has 0 aliphatic carbocycles. The number of piperidine rings is 1. The van der Waals surface area contributed by atoms with Crippen molar-refractivity contribution >= 4 is 5.91 Å². The van der Waals surface area contributed by atoms with E-state index in [2.05, 4.69) is 4.74 Å². The molecule has 1 heterocycles. The maximum absolute atomic E-state index is 12.4. The highest BCUT2D eigenvalue weighted by Crippen LogP contribution is 2.28. The van der Waals surface area contributed by atoms with Gasteiger partial charge in [0.25, 0.3) is 5.91 Å². The summed E-state index contributed by atoms with van der Waals surface area (Å²) in [6.07, 6.45) is 0.755. The number of likely N-dealkylation sites (tertiary alicyclic amines) is 1. The van der Waals surface area contributed by atoms with Crippen LogP contribution in [0.4, 0.5) is 8.78 Å². The van der Waals surface area contributed by atoms with E-state index in [9.17, 15) is 13.6 Å². The molecule has 1 aromatic carbocycles. The highest BCUT2D eigenvalue weighted by atomic mass is 19.3. The van der Waals surface area contributed by atoms with Crippen LogP contribution in [0.25, 0.3) is 0 Å². The van der Waals surface area contributed by atoms with Gasteiger partial charge in [0.2, 0.25) is 0 Å². The second-order valence-electron chi connectivity index (χ2n) is 6.01. The van der Waals surface area contributed by atoms with Crippen LogP contribution in [0.1, 0.15) is 30.6 Å². The van der Waals surface area contributed by atoms with Crippen LogP contribution < -0.4 is 10.5 Å². The summed E-state index contributed by atoms with van der Waals surface area (Å²) < 4.78 is 28.4. The van der Waals surface area contributed by atoms with Crippen LogP contribution in [0.5, 0.6) is 5.75 Å². The smallest absolute Gasteiger partial charge is 0.387 e. The lowest BCUT2D eigenvalue weighted by Crippen LogP contribution is -2.53. The second-order valence-corrected chi connectivity index (χ2v) is 6.01. The minimum absolute atomic E-state index is 0.0440. The lowest BCUT2D eigenvalue weighted by Gasteiger charge is -2.42. The van der Waals surface area contributed by atoms with Gasteiger partial charge in [-0.3, -0.25) is 4.79 Å². The lowest BCUT2D eigenvalue weighted by molar-refractivity contribution is -0.0498. The van der Waals surface area contributed by atoms with E-state index in [1.807, 2.05) is 13.8 Å². The molecule has 1 unspecified atom stereocenters. The first-order valence-corrected chi connectivity index (χ1v) is 6.89. The second kappa shape index (κ2) is 5.97. The van der Waals surface area contributed by atoms with Crippen molar-refractivity contribution in [3.05, 3.63) is 29.8 Å². The third-order valence-corrected chi connectivity index (χ3v) is 3.93. The normalized spacial score (nSPS) is 21.4. The topological polar surface area (TPSA) is 55.6 Å². The molecule has 0 radical (unpaired) electrons. The fourth-order valence-corrected chi connectivity index (χ4v) is 2.51. The molecule has 1 fully saturated rings. The Morgan fingerprint density at radius 1 is 1.38 bits per heavy atom. The van der Waals surface area contributed by atoms with Gasteiger partial charge in [-0.1, -0.05) is 13.8 Å². The molecule has 2 N–H and O–H groups in total. The highest BCUT2D eigenvalue weighted by molar-refractivity contribution is 5.94. The fraction of sp³-hybridized carbons (Fsp3) is 0.533. The Morgan fingerprint density at radius 3 is 2.52 bits per heavy atom. The number of ether oxygens (including phenoxy) is 1. The number of rotatable bonds is 3. The standard InChI is InChI=1S/C15H20F2N2O2/c1-15(2)9-19(8-7-12(15)18)13(20)10-3-5-11(6-4-10)21-14(16)17/h3-6,12,14H,7-9,18H2,1-2H3. The summed E-state index contributed by atoms with van der Waals surface area (Å²) in [7, 11) is 0. The number of carbonyl (C=O) groups excluding carboxylic acids is 1. The monoisotopic (exact) mass is 298 g/mol. The van der Waals surface area contributed by atoms with Gasteiger partial charge in [0.1, 0.15) is 5.75 Å². The summed E-state index contributed by atoms with van der Waals surface area (Å²) in [5, 5.41) is 0. The third kappa shape index (κ3) is 3.69. The van der Waals surface area contributed by atoms with Gasteiger partial charge in [-0.25, -0.2) is 0 Å². The van der Waals surface area contributed by atoms with E-state index in [4.69, 9.17) is 5.73 Å². The number of carbonyl (C=O) groups is 1. The summed E-state index contributed by atoms with van der Waals surface area (Å²) in [6, 6.07) is 5.83. The van der Waals surface area contributed by atoms with Crippen molar-refractivity contribution in [3.8, 4) is 5.75 Å². The first-order valence-electron chi connectivity index (χ1n) is 6.89. The van der Waals surface area contributed by atoms with E-state index < -0.39 is 6.61 Å². The van der Waals surface area contributed by atoms with Crippen molar-refractivity contribution in [1.29, 1.82) is 0 Å². The van der Waals surface area contributed by atoms with Crippen LogP contribution in [0.3, 0.4) is 0 Å². The maximum atomic E-state index is 12.4. The zero-order valence-electron chi connectivity index (χ0n) is 12.2. The lowest BCUT2D eigenvalue weighted by atomic mass is 9.79. The number of benzene rings is 1. The number of alkyl halides is 2. The molecule has 4 nitrogen and oxygen atoms in total. The summed E-state index contributed by atoms with van der Waals surface area (Å²) >= 11 is 0. The average molecular weight is 298 g/mol. The minimum Gasteiger partial charge on any atom is -0.435 e. The Kier molecular flexibility index (Phi) is 4.46. The van der Waals surface area contributed by atoms with Crippen LogP contribution in [-0.2, 0) is 0 Å². The Hall–Kier alpha value is -1.69. The van der Waals surface area contributed by atoms with Gasteiger partial charge in [-0.05, 0) is 36.1 Å². The molecule has 1 aliphatic rings. The van der Waals surface area contributed by atoms with E-state index >= 15 is 0 Å². The molecule has 116 valence electrons. The molecule has 1 aliphatic heterocycles. The first-order chi connectivity index (χ1) is 9.79. The van der Waals surface area contributed by atoms with E-state index in [0.717, 1.165) is 6.42 Å². The molecule has 1 saturated heterocycles. The molecular formula is C15H20F2N2O2. The molecule has 2 rings (SSSR count). The largest absolute Gasteiger partial charge is 0.435 e. The van der Waals surface area contributed by atoms with Crippen molar-refractivity contribution in [2.45, 2.75) is 32.9 Å². The van der Waals surface area contributed by atoms with Crippen molar-refractivity contribution < 1.29 is 18.3 Å². The van der Waals surface area contributed by atoms with Gasteiger partial charge in [0.15, 0.2) is 0 Å². The van der Waals surface area contributed by atoms with Crippen LogP contribution in [0.2, 0.25) is 0 Å². The molecule has 0 aromatic heterocycles. The van der Waals surface area contributed by atoms with Gasteiger partial charge in [-0.2, -0.15) is 8.78 Å². The molecule has 0 saturated carbocycles. The molecule has 1 amide bonds. The van der Waals surface area contributed by atoms with Crippen LogP contribution in [0.15, 0.2) is 24.3 Å². The van der Waals surface area contributed by atoms with Gasteiger partial charge in [0, 0.05) is 24.7 Å². The predicted molar refractivity (Wildman–Crippen MR) is 75.4 cm³/mol. The minimum atomic E-state index is -2.86. The molecule has 1 atom stereocenters. The van der Waals surface area contributed by atoms with Crippen LogP contribution in [0, 0.1) is 5.41 Å². The van der Waals surface area contributed by atoms with E-state index in [-0.39, 0.29) is 23.1 Å². The maximum Gasteiger partial charge on any atom is 0.387 e. The summed E-state index contributed by atoms with van der Waals surface area (Å²) in [5.74, 6) is -0.0684. The zero-order chi connectivity index (χ0) is 15.6. The van der Waals surface area contributed by atoms with Crippen LogP contribution >= 0.6 is 0 Å². The molecule has 0 spiro atoms. The Bertz CT molecular complexity index is 503. The molecular weight excluding hydrogens is 278 g/mol. The number of nitrogens with two attached hydrogens (primary N) is 1. The van der Waals surface area contributed by atoms with Gasteiger partial charge >= 0.3 is 6.61 Å². The van der Waals surface area contributed by atoms with E-state index in [0.29, 0.717) is 18.7 Å². The summed E-state index contributed by atoms with van der Waals surface area (Å²) in [6.45, 7) is 2.41. The Morgan fingerprint density at radius 2 is 2.00 bits per heavy atom. The van der Waals surface area contributed by atoms with Gasteiger partial charge in [0.05, 0.1) is 0 Å². The zero-order valence-corrected chi connectivity index (χ0v) is 12.2. The summed E-state index contributed by atoms with van der Waals surface area (Å²) in [5.41, 5.74) is 6.38. The number of hydrogen-bond acceptors (Lipinski definition) is 3. The molecule has 0 bridgehead atoms. The van der Waals surface area contributed by atoms with Gasteiger partial charge in [-0.15, -0.1) is 0 Å². The quantitative estimate of drug-likeness (QED) is 0.932. The SMILES string of the molecule is CC1(C)CN(C(=O)c2ccc(OC(F)F)cc2)CCC1N. The fourth-order valence-electron chi connectivity index (χ4n) is 2.51. The molecule has 6 heteroatoms. The van der Waals surface area contributed by atoms with E-state index in [1.54, 1.807) is 4.90 Å². The number of nitrogens with zero attached hydrogens (tertiary/aromatic N) is 1. The summed E-state index contributed by atoms with van der Waals surface area (Å²) in [4.78, 5) is 14.2. The van der Waals surface area contributed by atoms with Crippen molar-refractivity contribution in [2.24, 2.45) is 11.1 Å². The first kappa shape index (κ1) is 15.7. The Balaban J connectivity index is 2.06. The Labute approximate surface area is 122 Å². The number of halogens is 2. The van der Waals surface area contributed by atoms with Crippen molar-refractivity contribution in [3.63, 3.8) is 0 Å². The molecule has 21 heavy (non-hydrogen) atoms.